The monoisotopic (exact) mass is 369 g/mol. The number of hydrogen-bond donors (Lipinski definition) is 0. The van der Waals surface area contributed by atoms with E-state index in [0.29, 0.717) is 10.9 Å². The van der Waals surface area contributed by atoms with Crippen LogP contribution in [0.5, 0.6) is 0 Å². The normalized spacial score (nSPS) is 10.9. The number of hydrogen-bond acceptors (Lipinski definition) is 6. The molecule has 0 fully saturated rings. The molecule has 0 unspecified atom stereocenters. The highest BCUT2D eigenvalue weighted by Gasteiger charge is 2.11. The van der Waals surface area contributed by atoms with Crippen molar-refractivity contribution in [3.8, 4) is 16.3 Å². The van der Waals surface area contributed by atoms with E-state index in [2.05, 4.69) is 20.5 Å². The third-order valence-corrected chi connectivity index (χ3v) is 5.33. The lowest BCUT2D eigenvalue weighted by Gasteiger charge is -2.02. The minimum Gasteiger partial charge on any atom is -0.240 e. The van der Waals surface area contributed by atoms with Crippen molar-refractivity contribution in [2.24, 2.45) is 0 Å². The topological polar surface area (TPSA) is 56.5 Å². The number of rotatable bonds is 5. The van der Waals surface area contributed by atoms with Gasteiger partial charge in [0.1, 0.15) is 10.8 Å². The number of thiazole rings is 1. The van der Waals surface area contributed by atoms with Crippen LogP contribution >= 0.6 is 23.1 Å². The minimum absolute atomic E-state index is 0.246. The molecule has 0 atom stereocenters. The highest BCUT2D eigenvalue weighted by molar-refractivity contribution is 7.98. The van der Waals surface area contributed by atoms with E-state index in [1.807, 2.05) is 35.7 Å². The summed E-state index contributed by atoms with van der Waals surface area (Å²) in [5.41, 5.74) is 2.77. The van der Waals surface area contributed by atoms with Crippen LogP contribution in [0, 0.1) is 5.82 Å². The number of tetrazole rings is 1. The molecule has 5 nitrogen and oxygen atoms in total. The van der Waals surface area contributed by atoms with E-state index in [0.717, 1.165) is 22.0 Å². The Morgan fingerprint density at radius 3 is 2.64 bits per heavy atom. The van der Waals surface area contributed by atoms with Crippen molar-refractivity contribution in [2.75, 3.05) is 0 Å². The van der Waals surface area contributed by atoms with Crippen LogP contribution in [0.4, 0.5) is 4.39 Å². The molecule has 0 saturated heterocycles. The van der Waals surface area contributed by atoms with Crippen LogP contribution in [0.25, 0.3) is 16.3 Å². The van der Waals surface area contributed by atoms with E-state index >= 15 is 0 Å². The first-order valence-electron chi connectivity index (χ1n) is 7.46. The maximum atomic E-state index is 13.0. The molecule has 25 heavy (non-hydrogen) atoms. The van der Waals surface area contributed by atoms with Gasteiger partial charge in [0.2, 0.25) is 5.16 Å². The average molecular weight is 369 g/mol. The second-order valence-corrected chi connectivity index (χ2v) is 6.95. The van der Waals surface area contributed by atoms with Gasteiger partial charge in [0.05, 0.1) is 11.4 Å². The second kappa shape index (κ2) is 7.12. The van der Waals surface area contributed by atoms with E-state index in [-0.39, 0.29) is 5.82 Å². The highest BCUT2D eigenvalue weighted by atomic mass is 32.2. The van der Waals surface area contributed by atoms with Gasteiger partial charge in [-0.1, -0.05) is 30.0 Å². The SMILES string of the molecule is Fc1ccc(-c2nc(CSc3nnnn3-c3ccccc3)cs2)cc1. The zero-order valence-corrected chi connectivity index (χ0v) is 14.5. The Bertz CT molecular complexity index is 966. The summed E-state index contributed by atoms with van der Waals surface area (Å²) in [4.78, 5) is 4.61. The Morgan fingerprint density at radius 1 is 1.04 bits per heavy atom. The van der Waals surface area contributed by atoms with Gasteiger partial charge in [-0.15, -0.1) is 16.4 Å². The fourth-order valence-corrected chi connectivity index (χ4v) is 3.95. The van der Waals surface area contributed by atoms with Crippen molar-refractivity contribution in [2.45, 2.75) is 10.9 Å². The molecule has 2 aromatic heterocycles. The standard InChI is InChI=1S/C17H12FN5S2/c18-13-8-6-12(7-9-13)16-19-14(10-24-16)11-25-17-20-21-22-23(17)15-4-2-1-3-5-15/h1-10H,11H2. The van der Waals surface area contributed by atoms with Crippen molar-refractivity contribution in [1.29, 1.82) is 0 Å². The molecule has 0 radical (unpaired) electrons. The van der Waals surface area contributed by atoms with Crippen molar-refractivity contribution < 1.29 is 4.39 Å². The number of thioether (sulfide) groups is 1. The van der Waals surface area contributed by atoms with E-state index in [9.17, 15) is 4.39 Å². The molecule has 0 N–H and O–H groups in total. The summed E-state index contributed by atoms with van der Waals surface area (Å²) in [6.45, 7) is 0. The van der Waals surface area contributed by atoms with Crippen LogP contribution < -0.4 is 0 Å². The van der Waals surface area contributed by atoms with Crippen molar-refractivity contribution in [3.05, 3.63) is 71.5 Å². The first-order valence-corrected chi connectivity index (χ1v) is 9.33. The molecule has 2 aromatic carbocycles. The lowest BCUT2D eigenvalue weighted by Crippen LogP contribution is -1.98. The predicted octanol–water partition coefficient (Wildman–Crippen LogP) is 4.22. The molecule has 0 aliphatic rings. The highest BCUT2D eigenvalue weighted by Crippen LogP contribution is 2.27. The number of nitrogens with zero attached hydrogens (tertiary/aromatic N) is 5. The van der Waals surface area contributed by atoms with Gasteiger partial charge >= 0.3 is 0 Å². The Balaban J connectivity index is 1.48. The smallest absolute Gasteiger partial charge is 0.214 e. The number of para-hydroxylation sites is 1. The quantitative estimate of drug-likeness (QED) is 0.493. The van der Waals surface area contributed by atoms with E-state index < -0.39 is 0 Å². The maximum absolute atomic E-state index is 13.0. The Labute approximate surface area is 151 Å². The second-order valence-electron chi connectivity index (χ2n) is 5.15. The van der Waals surface area contributed by atoms with Gasteiger partial charge in [0.15, 0.2) is 0 Å². The van der Waals surface area contributed by atoms with Gasteiger partial charge < -0.3 is 0 Å². The van der Waals surface area contributed by atoms with E-state index in [4.69, 9.17) is 0 Å². The molecule has 8 heteroatoms. The maximum Gasteiger partial charge on any atom is 0.214 e. The van der Waals surface area contributed by atoms with Crippen molar-refractivity contribution in [1.82, 2.24) is 25.2 Å². The molecular formula is C17H12FN5S2. The summed E-state index contributed by atoms with van der Waals surface area (Å²) in [5, 5.41) is 15.5. The van der Waals surface area contributed by atoms with Gasteiger partial charge in [-0.3, -0.25) is 0 Å². The minimum atomic E-state index is -0.246. The van der Waals surface area contributed by atoms with E-state index in [1.165, 1.54) is 23.9 Å². The molecule has 0 amide bonds. The first-order chi connectivity index (χ1) is 12.3. The molecule has 2 heterocycles. The molecule has 0 spiro atoms. The Morgan fingerprint density at radius 2 is 1.84 bits per heavy atom. The molecule has 124 valence electrons. The summed E-state index contributed by atoms with van der Waals surface area (Å²) in [5.74, 6) is 0.411. The fraction of sp³-hybridized carbons (Fsp3) is 0.0588. The van der Waals surface area contributed by atoms with E-state index in [1.54, 1.807) is 28.2 Å². The Hall–Kier alpha value is -2.58. The lowest BCUT2D eigenvalue weighted by atomic mass is 10.2. The van der Waals surface area contributed by atoms with Gasteiger partial charge in [0.25, 0.3) is 0 Å². The van der Waals surface area contributed by atoms with Crippen molar-refractivity contribution >= 4 is 23.1 Å². The molecule has 4 aromatic rings. The van der Waals surface area contributed by atoms with Gasteiger partial charge in [-0.2, -0.15) is 4.68 Å². The molecular weight excluding hydrogens is 357 g/mol. The predicted molar refractivity (Wildman–Crippen MR) is 96.2 cm³/mol. The Kier molecular flexibility index (Phi) is 4.53. The van der Waals surface area contributed by atoms with Crippen LogP contribution in [-0.4, -0.2) is 25.2 Å². The van der Waals surface area contributed by atoms with Crippen LogP contribution in [0.2, 0.25) is 0 Å². The molecule has 4 rings (SSSR count). The number of aromatic nitrogens is 5. The summed E-state index contributed by atoms with van der Waals surface area (Å²) in [7, 11) is 0. The van der Waals surface area contributed by atoms with Gasteiger partial charge in [0, 0.05) is 16.7 Å². The molecule has 0 aliphatic heterocycles. The summed E-state index contributed by atoms with van der Waals surface area (Å²) in [6.07, 6.45) is 0. The lowest BCUT2D eigenvalue weighted by molar-refractivity contribution is 0.628. The third kappa shape index (κ3) is 3.59. The molecule has 0 aliphatic carbocycles. The van der Waals surface area contributed by atoms with Gasteiger partial charge in [-0.25, -0.2) is 9.37 Å². The first kappa shape index (κ1) is 15.9. The fourth-order valence-electron chi connectivity index (χ4n) is 2.24. The zero-order chi connectivity index (χ0) is 17.1. The number of benzene rings is 2. The average Bonchev–Trinajstić information content (AvgIpc) is 3.31. The summed E-state index contributed by atoms with van der Waals surface area (Å²) >= 11 is 3.06. The van der Waals surface area contributed by atoms with Crippen molar-refractivity contribution in [3.63, 3.8) is 0 Å². The van der Waals surface area contributed by atoms with Crippen LogP contribution in [0.3, 0.4) is 0 Å². The number of halogens is 1. The molecule has 0 saturated carbocycles. The molecule has 0 bridgehead atoms. The third-order valence-electron chi connectivity index (χ3n) is 3.43. The summed E-state index contributed by atoms with van der Waals surface area (Å²) in [6, 6.07) is 16.1. The van der Waals surface area contributed by atoms with Crippen LogP contribution in [-0.2, 0) is 5.75 Å². The van der Waals surface area contributed by atoms with Crippen LogP contribution in [0.1, 0.15) is 5.69 Å². The zero-order valence-electron chi connectivity index (χ0n) is 12.9. The largest absolute Gasteiger partial charge is 0.240 e. The van der Waals surface area contributed by atoms with Gasteiger partial charge in [-0.05, 0) is 46.8 Å². The summed E-state index contributed by atoms with van der Waals surface area (Å²) < 4.78 is 14.7. The van der Waals surface area contributed by atoms with Crippen LogP contribution in [0.15, 0.2) is 65.1 Å².